The molecule has 1 saturated carbocycles. The molecule has 1 unspecified atom stereocenters. The molecule has 0 aliphatic heterocycles. The molecule has 104 valence electrons. The number of carboxylic acid groups (broad SMARTS) is 1. The second-order valence-corrected chi connectivity index (χ2v) is 6.30. The van der Waals surface area contributed by atoms with Gasteiger partial charge in [0, 0.05) is 18.0 Å². The maximum Gasteiger partial charge on any atom is 0.325 e. The van der Waals surface area contributed by atoms with Crippen LogP contribution < -0.4 is 5.32 Å². The molecule has 5 heteroatoms. The van der Waals surface area contributed by atoms with E-state index in [0.717, 1.165) is 17.9 Å². The Kier molecular flexibility index (Phi) is 4.47. The van der Waals surface area contributed by atoms with Crippen LogP contribution in [0.2, 0.25) is 0 Å². The number of carbonyl (C=O) groups is 1. The van der Waals surface area contributed by atoms with E-state index >= 15 is 0 Å². The predicted molar refractivity (Wildman–Crippen MR) is 76.3 cm³/mol. The van der Waals surface area contributed by atoms with Crippen molar-refractivity contribution in [3.05, 3.63) is 24.4 Å². The number of nitrogens with zero attached hydrogens (tertiary/aromatic N) is 1. The number of carboxylic acids is 1. The van der Waals surface area contributed by atoms with Gasteiger partial charge in [-0.1, -0.05) is 6.07 Å². The lowest BCUT2D eigenvalue weighted by atomic mass is 9.94. The fourth-order valence-electron chi connectivity index (χ4n) is 2.29. The Bertz CT molecular complexity index is 434. The smallest absolute Gasteiger partial charge is 0.325 e. The van der Waals surface area contributed by atoms with Crippen LogP contribution in [0, 0.1) is 5.92 Å². The van der Waals surface area contributed by atoms with Gasteiger partial charge in [0.2, 0.25) is 0 Å². The molecule has 1 aliphatic carbocycles. The third kappa shape index (κ3) is 3.48. The van der Waals surface area contributed by atoms with E-state index in [1.807, 2.05) is 32.0 Å². The molecule has 0 radical (unpaired) electrons. The first-order valence-electron chi connectivity index (χ1n) is 6.59. The number of nitrogens with one attached hydrogen (secondary N) is 1. The molecule has 0 saturated heterocycles. The van der Waals surface area contributed by atoms with E-state index in [-0.39, 0.29) is 12.0 Å². The van der Waals surface area contributed by atoms with Crippen LogP contribution in [0.15, 0.2) is 29.4 Å². The molecule has 1 aromatic rings. The van der Waals surface area contributed by atoms with Crippen LogP contribution in [0.5, 0.6) is 0 Å². The summed E-state index contributed by atoms with van der Waals surface area (Å²) in [6.07, 6.45) is 3.72. The number of hydrogen-bond donors (Lipinski definition) is 2. The van der Waals surface area contributed by atoms with Crippen molar-refractivity contribution in [2.75, 3.05) is 5.75 Å². The zero-order valence-corrected chi connectivity index (χ0v) is 12.1. The summed E-state index contributed by atoms with van der Waals surface area (Å²) in [6, 6.07) is 5.85. The molecule has 2 N–H and O–H groups in total. The zero-order valence-electron chi connectivity index (χ0n) is 11.3. The molecule has 0 amide bonds. The maximum atomic E-state index is 11.8. The highest BCUT2D eigenvalue weighted by Gasteiger charge is 2.51. The number of rotatable bonds is 7. The normalized spacial score (nSPS) is 18.3. The van der Waals surface area contributed by atoms with Crippen molar-refractivity contribution in [1.82, 2.24) is 10.3 Å². The lowest BCUT2D eigenvalue weighted by molar-refractivity contribution is -0.145. The molecule has 0 aromatic carbocycles. The summed E-state index contributed by atoms with van der Waals surface area (Å²) >= 11 is 1.51. The second kappa shape index (κ2) is 5.92. The largest absolute Gasteiger partial charge is 0.480 e. The van der Waals surface area contributed by atoms with Gasteiger partial charge in [0.15, 0.2) is 0 Å². The van der Waals surface area contributed by atoms with Crippen LogP contribution in [-0.4, -0.2) is 33.4 Å². The monoisotopic (exact) mass is 280 g/mol. The van der Waals surface area contributed by atoms with E-state index in [0.29, 0.717) is 5.75 Å². The van der Waals surface area contributed by atoms with Crippen molar-refractivity contribution < 1.29 is 9.90 Å². The van der Waals surface area contributed by atoms with Gasteiger partial charge in [-0.05, 0) is 44.7 Å². The standard InChI is InChI=1S/C14H20N2O2S/c1-10(2)16-14(13(17)18,11-6-7-11)9-19-12-5-3-4-8-15-12/h3-5,8,10-11,16H,6-7,9H2,1-2H3,(H,17,18). The molecule has 0 bridgehead atoms. The highest BCUT2D eigenvalue weighted by atomic mass is 32.2. The van der Waals surface area contributed by atoms with Crippen LogP contribution in [0.3, 0.4) is 0 Å². The van der Waals surface area contributed by atoms with E-state index in [1.54, 1.807) is 6.20 Å². The van der Waals surface area contributed by atoms with Gasteiger partial charge >= 0.3 is 5.97 Å². The fourth-order valence-corrected chi connectivity index (χ4v) is 3.42. The van der Waals surface area contributed by atoms with Crippen LogP contribution in [0.25, 0.3) is 0 Å². The Balaban J connectivity index is 2.11. The average Bonchev–Trinajstić information content (AvgIpc) is 3.19. The number of thioether (sulfide) groups is 1. The van der Waals surface area contributed by atoms with Gasteiger partial charge in [0.1, 0.15) is 5.54 Å². The number of pyridine rings is 1. The summed E-state index contributed by atoms with van der Waals surface area (Å²) < 4.78 is 0. The molecule has 1 aliphatic rings. The average molecular weight is 280 g/mol. The number of aromatic nitrogens is 1. The van der Waals surface area contributed by atoms with Gasteiger partial charge in [-0.25, -0.2) is 4.98 Å². The van der Waals surface area contributed by atoms with Gasteiger partial charge < -0.3 is 5.11 Å². The Morgan fingerprint density at radius 1 is 1.58 bits per heavy atom. The molecule has 1 aromatic heterocycles. The molecule has 19 heavy (non-hydrogen) atoms. The quantitative estimate of drug-likeness (QED) is 0.751. The van der Waals surface area contributed by atoms with E-state index in [9.17, 15) is 9.90 Å². The van der Waals surface area contributed by atoms with Crippen LogP contribution in [-0.2, 0) is 4.79 Å². The summed E-state index contributed by atoms with van der Waals surface area (Å²) in [5.74, 6) is 0.0121. The van der Waals surface area contributed by atoms with Crippen molar-refractivity contribution in [1.29, 1.82) is 0 Å². The summed E-state index contributed by atoms with van der Waals surface area (Å²) in [5, 5.41) is 13.8. The van der Waals surface area contributed by atoms with E-state index < -0.39 is 11.5 Å². The molecule has 1 atom stereocenters. The van der Waals surface area contributed by atoms with Crippen molar-refractivity contribution >= 4 is 17.7 Å². The Labute approximate surface area is 118 Å². The van der Waals surface area contributed by atoms with E-state index in [4.69, 9.17) is 0 Å². The maximum absolute atomic E-state index is 11.8. The SMILES string of the molecule is CC(C)NC(CSc1ccccn1)(C(=O)O)C1CC1. The topological polar surface area (TPSA) is 62.2 Å². The van der Waals surface area contributed by atoms with Crippen LogP contribution in [0.1, 0.15) is 26.7 Å². The molecule has 1 fully saturated rings. The molecular weight excluding hydrogens is 260 g/mol. The predicted octanol–water partition coefficient (Wildman–Crippen LogP) is 2.41. The number of hydrogen-bond acceptors (Lipinski definition) is 4. The molecular formula is C14H20N2O2S. The van der Waals surface area contributed by atoms with Crippen LogP contribution >= 0.6 is 11.8 Å². The molecule has 1 heterocycles. The molecule has 4 nitrogen and oxygen atoms in total. The zero-order chi connectivity index (χ0) is 13.9. The van der Waals surface area contributed by atoms with E-state index in [1.165, 1.54) is 11.8 Å². The summed E-state index contributed by atoms with van der Waals surface area (Å²) in [7, 11) is 0. The highest BCUT2D eigenvalue weighted by Crippen LogP contribution is 2.42. The van der Waals surface area contributed by atoms with Gasteiger partial charge in [0.25, 0.3) is 0 Å². The first-order chi connectivity index (χ1) is 9.04. The minimum atomic E-state index is -0.823. The van der Waals surface area contributed by atoms with Gasteiger partial charge in [-0.15, -0.1) is 11.8 Å². The Morgan fingerprint density at radius 3 is 2.79 bits per heavy atom. The Hall–Kier alpha value is -1.07. The fraction of sp³-hybridized carbons (Fsp3) is 0.571. The molecule has 0 spiro atoms. The number of aliphatic carboxylic acids is 1. The first kappa shape index (κ1) is 14.3. The van der Waals surface area contributed by atoms with Gasteiger partial charge in [0.05, 0.1) is 5.03 Å². The minimum absolute atomic E-state index is 0.154. The van der Waals surface area contributed by atoms with Gasteiger partial charge in [-0.2, -0.15) is 0 Å². The lowest BCUT2D eigenvalue weighted by Gasteiger charge is -2.32. The third-order valence-electron chi connectivity index (χ3n) is 3.29. The van der Waals surface area contributed by atoms with Crippen molar-refractivity contribution in [3.63, 3.8) is 0 Å². The van der Waals surface area contributed by atoms with Gasteiger partial charge in [-0.3, -0.25) is 10.1 Å². The van der Waals surface area contributed by atoms with Crippen molar-refractivity contribution in [2.24, 2.45) is 5.92 Å². The van der Waals surface area contributed by atoms with Crippen LogP contribution in [0.4, 0.5) is 0 Å². The van der Waals surface area contributed by atoms with Crippen molar-refractivity contribution in [2.45, 2.75) is 43.3 Å². The summed E-state index contributed by atoms with van der Waals surface area (Å²) in [6.45, 7) is 3.98. The second-order valence-electron chi connectivity index (χ2n) is 5.31. The van der Waals surface area contributed by atoms with E-state index in [2.05, 4.69) is 10.3 Å². The highest BCUT2D eigenvalue weighted by molar-refractivity contribution is 7.99. The minimum Gasteiger partial charge on any atom is -0.480 e. The first-order valence-corrected chi connectivity index (χ1v) is 7.58. The third-order valence-corrected chi connectivity index (χ3v) is 4.42. The summed E-state index contributed by atoms with van der Waals surface area (Å²) in [5.41, 5.74) is -0.823. The van der Waals surface area contributed by atoms with Crippen molar-refractivity contribution in [3.8, 4) is 0 Å². The summed E-state index contributed by atoms with van der Waals surface area (Å²) in [4.78, 5) is 16.0. The molecule has 2 rings (SSSR count). The lowest BCUT2D eigenvalue weighted by Crippen LogP contribution is -2.58. The Morgan fingerprint density at radius 2 is 2.32 bits per heavy atom.